The first-order valence-electron chi connectivity index (χ1n) is 8.25. The minimum atomic E-state index is -4.38. The van der Waals surface area contributed by atoms with Crippen molar-refractivity contribution in [1.29, 1.82) is 0 Å². The Bertz CT molecular complexity index is 1080. The zero-order valence-electron chi connectivity index (χ0n) is 14.4. The van der Waals surface area contributed by atoms with Gasteiger partial charge in [-0.05, 0) is 35.4 Å². The number of halogens is 3. The van der Waals surface area contributed by atoms with Gasteiger partial charge in [0.1, 0.15) is 11.4 Å². The molecule has 0 N–H and O–H groups in total. The van der Waals surface area contributed by atoms with Crippen molar-refractivity contribution in [2.45, 2.75) is 6.18 Å². The van der Waals surface area contributed by atoms with Crippen LogP contribution in [0.2, 0.25) is 0 Å². The first kappa shape index (κ1) is 17.1. The van der Waals surface area contributed by atoms with Crippen LogP contribution in [-0.4, -0.2) is 16.5 Å². The predicted molar refractivity (Wildman–Crippen MR) is 97.6 cm³/mol. The predicted octanol–water partition coefficient (Wildman–Crippen LogP) is 5.70. The van der Waals surface area contributed by atoms with Crippen LogP contribution in [0.4, 0.5) is 13.2 Å². The quantitative estimate of drug-likeness (QED) is 0.464. The maximum Gasteiger partial charge on any atom is 0.417 e. The number of benzene rings is 2. The second-order valence-electron chi connectivity index (χ2n) is 6.11. The molecule has 6 heteroatoms. The molecule has 27 heavy (non-hydrogen) atoms. The van der Waals surface area contributed by atoms with Gasteiger partial charge in [-0.3, -0.25) is 0 Å². The average Bonchev–Trinajstić information content (AvgIpc) is 3.11. The lowest BCUT2D eigenvalue weighted by Gasteiger charge is -2.05. The summed E-state index contributed by atoms with van der Waals surface area (Å²) in [5.74, 6) is 0.790. The van der Waals surface area contributed by atoms with Gasteiger partial charge >= 0.3 is 6.18 Å². The SMILES string of the molecule is COc1ccc(-c2ccc(-c3cn4cc(C(F)(F)F)ccc4n3)cc2)cc1. The number of pyridine rings is 1. The summed E-state index contributed by atoms with van der Waals surface area (Å²) < 4.78 is 45.1. The van der Waals surface area contributed by atoms with Crippen molar-refractivity contribution in [3.8, 4) is 28.1 Å². The number of ether oxygens (including phenoxy) is 1. The van der Waals surface area contributed by atoms with Gasteiger partial charge in [-0.15, -0.1) is 0 Å². The number of alkyl halides is 3. The second kappa shape index (κ2) is 6.46. The number of nitrogens with zero attached hydrogens (tertiary/aromatic N) is 2. The van der Waals surface area contributed by atoms with Crippen LogP contribution in [0.3, 0.4) is 0 Å². The van der Waals surface area contributed by atoms with Crippen LogP contribution in [-0.2, 0) is 6.18 Å². The molecule has 0 amide bonds. The molecular weight excluding hydrogens is 353 g/mol. The molecule has 3 nitrogen and oxygen atoms in total. The third-order valence-electron chi connectivity index (χ3n) is 4.38. The Balaban J connectivity index is 1.65. The number of fused-ring (bicyclic) bond motifs is 1. The summed E-state index contributed by atoms with van der Waals surface area (Å²) in [4.78, 5) is 4.41. The highest BCUT2D eigenvalue weighted by Gasteiger charge is 2.30. The fourth-order valence-corrected chi connectivity index (χ4v) is 2.92. The molecule has 0 radical (unpaired) electrons. The lowest BCUT2D eigenvalue weighted by atomic mass is 10.0. The van der Waals surface area contributed by atoms with Gasteiger partial charge in [0.05, 0.1) is 18.4 Å². The maximum absolute atomic E-state index is 12.9. The molecule has 4 aromatic rings. The molecule has 0 spiro atoms. The van der Waals surface area contributed by atoms with Crippen molar-refractivity contribution in [1.82, 2.24) is 9.38 Å². The Morgan fingerprint density at radius 1 is 0.778 bits per heavy atom. The lowest BCUT2D eigenvalue weighted by molar-refractivity contribution is -0.137. The van der Waals surface area contributed by atoms with Gasteiger partial charge in [-0.25, -0.2) is 4.98 Å². The molecule has 0 aliphatic rings. The van der Waals surface area contributed by atoms with Crippen molar-refractivity contribution in [2.75, 3.05) is 7.11 Å². The van der Waals surface area contributed by atoms with Crippen molar-refractivity contribution < 1.29 is 17.9 Å². The van der Waals surface area contributed by atoms with E-state index in [1.165, 1.54) is 10.5 Å². The van der Waals surface area contributed by atoms with E-state index >= 15 is 0 Å². The topological polar surface area (TPSA) is 26.5 Å². The number of rotatable bonds is 3. The zero-order valence-corrected chi connectivity index (χ0v) is 14.4. The molecule has 0 bridgehead atoms. The zero-order chi connectivity index (χ0) is 19.0. The Morgan fingerprint density at radius 3 is 1.96 bits per heavy atom. The van der Waals surface area contributed by atoms with Crippen LogP contribution in [0.5, 0.6) is 5.75 Å². The second-order valence-corrected chi connectivity index (χ2v) is 6.11. The van der Waals surface area contributed by atoms with Crippen LogP contribution in [0.25, 0.3) is 28.0 Å². The summed E-state index contributed by atoms with van der Waals surface area (Å²) in [5, 5.41) is 0. The summed E-state index contributed by atoms with van der Waals surface area (Å²) in [6.07, 6.45) is -1.72. The highest BCUT2D eigenvalue weighted by atomic mass is 19.4. The van der Waals surface area contributed by atoms with Crippen molar-refractivity contribution in [3.05, 3.63) is 78.6 Å². The molecule has 2 aromatic carbocycles. The summed E-state index contributed by atoms with van der Waals surface area (Å²) in [6.45, 7) is 0. The van der Waals surface area contributed by atoms with Crippen LogP contribution < -0.4 is 4.74 Å². The lowest BCUT2D eigenvalue weighted by Crippen LogP contribution is -2.05. The normalized spacial score (nSPS) is 11.7. The average molecular weight is 368 g/mol. The summed E-state index contributed by atoms with van der Waals surface area (Å²) in [5.41, 5.74) is 3.31. The Labute approximate surface area is 153 Å². The van der Waals surface area contributed by atoms with E-state index in [0.29, 0.717) is 11.3 Å². The minimum Gasteiger partial charge on any atom is -0.497 e. The monoisotopic (exact) mass is 368 g/mol. The van der Waals surface area contributed by atoms with E-state index in [2.05, 4.69) is 4.98 Å². The van der Waals surface area contributed by atoms with Gasteiger partial charge in [0, 0.05) is 18.0 Å². The molecule has 4 rings (SSSR count). The summed E-state index contributed by atoms with van der Waals surface area (Å²) >= 11 is 0. The van der Waals surface area contributed by atoms with E-state index in [1.54, 1.807) is 13.3 Å². The number of aromatic nitrogens is 2. The highest BCUT2D eigenvalue weighted by molar-refractivity contribution is 5.70. The van der Waals surface area contributed by atoms with E-state index in [0.717, 1.165) is 34.7 Å². The molecule has 0 atom stereocenters. The first-order valence-corrected chi connectivity index (χ1v) is 8.25. The molecule has 0 saturated heterocycles. The largest absolute Gasteiger partial charge is 0.497 e. The Hall–Kier alpha value is -3.28. The standard InChI is InChI=1S/C21H15F3N2O/c1-27-18-9-6-15(7-10-18)14-2-4-16(5-3-14)19-13-26-12-17(21(22,23)24)8-11-20(26)25-19/h2-13H,1H3. The smallest absolute Gasteiger partial charge is 0.417 e. The third kappa shape index (κ3) is 3.38. The highest BCUT2D eigenvalue weighted by Crippen LogP contribution is 2.30. The first-order chi connectivity index (χ1) is 12.9. The van der Waals surface area contributed by atoms with Crippen LogP contribution in [0.15, 0.2) is 73.1 Å². The van der Waals surface area contributed by atoms with E-state index in [1.807, 2.05) is 48.5 Å². The molecule has 0 fully saturated rings. The van der Waals surface area contributed by atoms with Crippen molar-refractivity contribution >= 4 is 5.65 Å². The Kier molecular flexibility index (Phi) is 4.11. The third-order valence-corrected chi connectivity index (χ3v) is 4.38. The molecule has 2 heterocycles. The minimum absolute atomic E-state index is 0.470. The number of methoxy groups -OCH3 is 1. The van der Waals surface area contributed by atoms with Crippen LogP contribution in [0.1, 0.15) is 5.56 Å². The van der Waals surface area contributed by atoms with E-state index in [4.69, 9.17) is 4.74 Å². The van der Waals surface area contributed by atoms with Gasteiger partial charge in [0.2, 0.25) is 0 Å². The molecule has 0 aliphatic carbocycles. The fourth-order valence-electron chi connectivity index (χ4n) is 2.92. The maximum atomic E-state index is 12.9. The molecule has 136 valence electrons. The van der Waals surface area contributed by atoms with Crippen LogP contribution >= 0.6 is 0 Å². The van der Waals surface area contributed by atoms with Gasteiger partial charge in [0.25, 0.3) is 0 Å². The van der Waals surface area contributed by atoms with Gasteiger partial charge in [-0.2, -0.15) is 13.2 Å². The van der Waals surface area contributed by atoms with Crippen molar-refractivity contribution in [2.24, 2.45) is 0 Å². The molecule has 2 aromatic heterocycles. The van der Waals surface area contributed by atoms with Gasteiger partial charge < -0.3 is 9.14 Å². The summed E-state index contributed by atoms with van der Waals surface area (Å²) in [7, 11) is 1.62. The summed E-state index contributed by atoms with van der Waals surface area (Å²) in [6, 6.07) is 17.9. The Morgan fingerprint density at radius 2 is 1.37 bits per heavy atom. The van der Waals surface area contributed by atoms with Crippen molar-refractivity contribution in [3.63, 3.8) is 0 Å². The molecule has 0 aliphatic heterocycles. The van der Waals surface area contributed by atoms with Gasteiger partial charge in [0.15, 0.2) is 0 Å². The number of hydrogen-bond donors (Lipinski definition) is 0. The fraction of sp³-hybridized carbons (Fsp3) is 0.0952. The number of hydrogen-bond acceptors (Lipinski definition) is 2. The van der Waals surface area contributed by atoms with Crippen LogP contribution in [0, 0.1) is 0 Å². The number of imidazole rings is 1. The molecule has 0 unspecified atom stereocenters. The van der Waals surface area contributed by atoms with Gasteiger partial charge in [-0.1, -0.05) is 36.4 Å². The molecule has 0 saturated carbocycles. The molecular formula is C21H15F3N2O. The van der Waals surface area contributed by atoms with E-state index < -0.39 is 11.7 Å². The van der Waals surface area contributed by atoms with E-state index in [9.17, 15) is 13.2 Å². The van der Waals surface area contributed by atoms with E-state index in [-0.39, 0.29) is 0 Å².